The number of benzene rings is 2. The fourth-order valence-corrected chi connectivity index (χ4v) is 2.57. The molecule has 24 heavy (non-hydrogen) atoms. The first kappa shape index (κ1) is 17.7. The number of aryl methyl sites for hydroxylation is 2. The molecule has 1 saturated carbocycles. The Morgan fingerprint density at radius 1 is 1.04 bits per heavy atom. The molecule has 0 atom stereocenters. The molecule has 0 spiro atoms. The van der Waals surface area contributed by atoms with Crippen molar-refractivity contribution in [3.8, 4) is 0 Å². The molecule has 2 aromatic carbocycles. The zero-order valence-electron chi connectivity index (χ0n) is 14.5. The van der Waals surface area contributed by atoms with E-state index in [-0.39, 0.29) is 10.6 Å². The highest BCUT2D eigenvalue weighted by atomic mass is 16.6. The Balaban J connectivity index is 0.000000185. The van der Waals surface area contributed by atoms with Crippen LogP contribution in [0.15, 0.2) is 48.0 Å². The lowest BCUT2D eigenvalue weighted by molar-refractivity contribution is -0.384. The third-order valence-corrected chi connectivity index (χ3v) is 3.98. The van der Waals surface area contributed by atoms with E-state index in [0.29, 0.717) is 0 Å². The first-order valence-electron chi connectivity index (χ1n) is 8.18. The largest absolute Gasteiger partial charge is 0.388 e. The van der Waals surface area contributed by atoms with Crippen molar-refractivity contribution in [2.45, 2.75) is 33.1 Å². The van der Waals surface area contributed by atoms with E-state index < -0.39 is 0 Å². The maximum atomic E-state index is 10.4. The Labute approximate surface area is 143 Å². The molecule has 1 N–H and O–H groups in total. The fraction of sp³-hybridized carbons (Fsp3) is 0.300. The molecule has 0 aliphatic heterocycles. The summed E-state index contributed by atoms with van der Waals surface area (Å²) < 4.78 is 0. The van der Waals surface area contributed by atoms with Crippen molar-refractivity contribution in [2.75, 3.05) is 12.4 Å². The highest BCUT2D eigenvalue weighted by molar-refractivity contribution is 5.55. The minimum Gasteiger partial charge on any atom is -0.388 e. The minimum absolute atomic E-state index is 0.153. The van der Waals surface area contributed by atoms with E-state index in [1.54, 1.807) is 24.3 Å². The second-order valence-electron chi connectivity index (χ2n) is 6.13. The van der Waals surface area contributed by atoms with Gasteiger partial charge in [-0.05, 0) is 74.1 Å². The lowest BCUT2D eigenvalue weighted by Crippen LogP contribution is -1.95. The first-order chi connectivity index (χ1) is 11.5. The average Bonchev–Trinajstić information content (AvgIpc) is 2.51. The maximum absolute atomic E-state index is 10.4. The SMILES string of the molecule is CNc1cc(C)cc(C)c1.O=[N+]([O-])c1ccc(C=C2CCC2)cc1. The van der Waals surface area contributed by atoms with Gasteiger partial charge in [0.2, 0.25) is 0 Å². The Hall–Kier alpha value is -2.62. The summed E-state index contributed by atoms with van der Waals surface area (Å²) in [4.78, 5) is 10.0. The average molecular weight is 324 g/mol. The summed E-state index contributed by atoms with van der Waals surface area (Å²) in [7, 11) is 1.94. The second-order valence-corrected chi connectivity index (χ2v) is 6.13. The van der Waals surface area contributed by atoms with E-state index >= 15 is 0 Å². The van der Waals surface area contributed by atoms with Crippen molar-refractivity contribution >= 4 is 17.5 Å². The Kier molecular flexibility index (Phi) is 6.13. The molecule has 0 saturated heterocycles. The van der Waals surface area contributed by atoms with Crippen LogP contribution in [0, 0.1) is 24.0 Å². The van der Waals surface area contributed by atoms with Gasteiger partial charge in [0.25, 0.3) is 5.69 Å². The molecule has 0 bridgehead atoms. The molecular weight excluding hydrogens is 300 g/mol. The summed E-state index contributed by atoms with van der Waals surface area (Å²) in [6.07, 6.45) is 5.75. The molecule has 0 radical (unpaired) electrons. The van der Waals surface area contributed by atoms with E-state index in [0.717, 1.165) is 5.56 Å². The van der Waals surface area contributed by atoms with E-state index in [1.165, 1.54) is 41.6 Å². The van der Waals surface area contributed by atoms with Crippen molar-refractivity contribution in [3.05, 3.63) is 74.8 Å². The van der Waals surface area contributed by atoms with E-state index in [2.05, 4.69) is 43.4 Å². The van der Waals surface area contributed by atoms with Gasteiger partial charge in [-0.1, -0.05) is 17.7 Å². The first-order valence-corrected chi connectivity index (χ1v) is 8.18. The number of anilines is 1. The predicted octanol–water partition coefficient (Wildman–Crippen LogP) is 5.51. The molecule has 2 aromatic rings. The number of hydrogen-bond acceptors (Lipinski definition) is 3. The number of hydrogen-bond donors (Lipinski definition) is 1. The van der Waals surface area contributed by atoms with Crippen LogP contribution in [0.25, 0.3) is 6.08 Å². The quantitative estimate of drug-likeness (QED) is 0.598. The number of rotatable bonds is 3. The number of nitro benzene ring substituents is 1. The van der Waals surface area contributed by atoms with Crippen molar-refractivity contribution in [1.82, 2.24) is 0 Å². The minimum atomic E-state index is -0.375. The molecule has 0 aromatic heterocycles. The third-order valence-electron chi connectivity index (χ3n) is 3.98. The predicted molar refractivity (Wildman–Crippen MR) is 100 cm³/mol. The Morgan fingerprint density at radius 2 is 1.62 bits per heavy atom. The topological polar surface area (TPSA) is 55.2 Å². The highest BCUT2D eigenvalue weighted by Crippen LogP contribution is 2.27. The van der Waals surface area contributed by atoms with Gasteiger partial charge >= 0.3 is 0 Å². The number of nitrogens with zero attached hydrogens (tertiary/aromatic N) is 1. The Bertz CT molecular complexity index is 708. The molecule has 4 heteroatoms. The van der Waals surface area contributed by atoms with Crippen LogP contribution in [-0.2, 0) is 0 Å². The zero-order valence-corrected chi connectivity index (χ0v) is 14.5. The van der Waals surface area contributed by atoms with E-state index in [9.17, 15) is 10.1 Å². The van der Waals surface area contributed by atoms with Gasteiger partial charge in [0, 0.05) is 24.9 Å². The summed E-state index contributed by atoms with van der Waals surface area (Å²) in [6, 6.07) is 13.1. The van der Waals surface area contributed by atoms with Crippen LogP contribution < -0.4 is 5.32 Å². The summed E-state index contributed by atoms with van der Waals surface area (Å²) in [5.41, 5.74) is 6.47. The van der Waals surface area contributed by atoms with Gasteiger partial charge in [0.15, 0.2) is 0 Å². The monoisotopic (exact) mass is 324 g/mol. The molecule has 0 unspecified atom stereocenters. The molecule has 1 aliphatic rings. The number of non-ortho nitro benzene ring substituents is 1. The molecule has 1 aliphatic carbocycles. The maximum Gasteiger partial charge on any atom is 0.269 e. The van der Waals surface area contributed by atoms with Crippen molar-refractivity contribution in [2.24, 2.45) is 0 Å². The van der Waals surface area contributed by atoms with Crippen LogP contribution in [-0.4, -0.2) is 12.0 Å². The van der Waals surface area contributed by atoms with Crippen molar-refractivity contribution in [3.63, 3.8) is 0 Å². The highest BCUT2D eigenvalue weighted by Gasteiger charge is 2.08. The van der Waals surface area contributed by atoms with Gasteiger partial charge in [-0.25, -0.2) is 0 Å². The molecule has 1 fully saturated rings. The van der Waals surface area contributed by atoms with Crippen LogP contribution >= 0.6 is 0 Å². The van der Waals surface area contributed by atoms with Gasteiger partial charge < -0.3 is 5.32 Å². The second kappa shape index (κ2) is 8.29. The van der Waals surface area contributed by atoms with Crippen LogP contribution in [0.2, 0.25) is 0 Å². The van der Waals surface area contributed by atoms with Crippen LogP contribution in [0.4, 0.5) is 11.4 Å². The molecule has 0 heterocycles. The standard InChI is InChI=1S/C11H11NO2.C9H13N/c13-12(14)11-6-4-10(5-7-11)8-9-2-1-3-9;1-7-4-8(2)6-9(5-7)10-3/h4-8H,1-3H2;4-6,10H,1-3H3. The lowest BCUT2D eigenvalue weighted by atomic mass is 9.91. The number of allylic oxidation sites excluding steroid dienone is 1. The van der Waals surface area contributed by atoms with Crippen molar-refractivity contribution < 1.29 is 4.92 Å². The molecular formula is C20H24N2O2. The zero-order chi connectivity index (χ0) is 17.5. The van der Waals surface area contributed by atoms with Crippen LogP contribution in [0.5, 0.6) is 0 Å². The van der Waals surface area contributed by atoms with Gasteiger partial charge in [-0.15, -0.1) is 0 Å². The van der Waals surface area contributed by atoms with Crippen molar-refractivity contribution in [1.29, 1.82) is 0 Å². The Morgan fingerprint density at radius 3 is 2.04 bits per heavy atom. The molecule has 3 rings (SSSR count). The van der Waals surface area contributed by atoms with Gasteiger partial charge in [0.05, 0.1) is 4.92 Å². The van der Waals surface area contributed by atoms with Crippen LogP contribution in [0.3, 0.4) is 0 Å². The summed E-state index contributed by atoms with van der Waals surface area (Å²) in [5.74, 6) is 0. The van der Waals surface area contributed by atoms with E-state index in [4.69, 9.17) is 0 Å². The number of nitrogens with one attached hydrogen (secondary N) is 1. The van der Waals surface area contributed by atoms with Gasteiger partial charge in [0.1, 0.15) is 0 Å². The summed E-state index contributed by atoms with van der Waals surface area (Å²) in [6.45, 7) is 4.21. The summed E-state index contributed by atoms with van der Waals surface area (Å²) >= 11 is 0. The summed E-state index contributed by atoms with van der Waals surface area (Å²) in [5, 5.41) is 13.5. The van der Waals surface area contributed by atoms with Gasteiger partial charge in [-0.2, -0.15) is 0 Å². The molecule has 126 valence electrons. The fourth-order valence-electron chi connectivity index (χ4n) is 2.57. The van der Waals surface area contributed by atoms with Gasteiger partial charge in [-0.3, -0.25) is 10.1 Å². The number of nitro groups is 1. The van der Waals surface area contributed by atoms with Crippen LogP contribution in [0.1, 0.15) is 36.0 Å². The smallest absolute Gasteiger partial charge is 0.269 e. The normalized spacial score (nSPS) is 12.5. The molecule has 4 nitrogen and oxygen atoms in total. The van der Waals surface area contributed by atoms with E-state index in [1.807, 2.05) is 7.05 Å². The third kappa shape index (κ3) is 5.23. The lowest BCUT2D eigenvalue weighted by Gasteiger charge is -2.15. The molecule has 0 amide bonds.